The number of halogens is 1. The molecule has 1 aliphatic carbocycles. The van der Waals surface area contributed by atoms with Crippen LogP contribution in [0.25, 0.3) is 0 Å². The first kappa shape index (κ1) is 14.3. The van der Waals surface area contributed by atoms with Crippen LogP contribution in [-0.4, -0.2) is 7.05 Å². The zero-order valence-corrected chi connectivity index (χ0v) is 12.5. The molecule has 1 aliphatic rings. The van der Waals surface area contributed by atoms with Crippen LogP contribution in [0.2, 0.25) is 0 Å². The summed E-state index contributed by atoms with van der Waals surface area (Å²) in [6.45, 7) is 0. The molecule has 0 saturated carbocycles. The first-order valence-electron chi connectivity index (χ1n) is 7.79. The smallest absolute Gasteiger partial charge is 0.123 e. The van der Waals surface area contributed by atoms with Gasteiger partial charge in [0.1, 0.15) is 5.82 Å². The second kappa shape index (κ2) is 6.40. The van der Waals surface area contributed by atoms with Gasteiger partial charge in [0.2, 0.25) is 0 Å². The molecule has 2 aromatic carbocycles. The Kier molecular flexibility index (Phi) is 4.35. The molecule has 0 fully saturated rings. The molecule has 0 aliphatic heterocycles. The topological polar surface area (TPSA) is 12.0 Å². The van der Waals surface area contributed by atoms with Gasteiger partial charge in [-0.15, -0.1) is 0 Å². The molecule has 0 spiro atoms. The average Bonchev–Trinajstić information content (AvgIpc) is 2.52. The lowest BCUT2D eigenvalue weighted by atomic mass is 9.88. The molecule has 3 rings (SSSR count). The fourth-order valence-electron chi connectivity index (χ4n) is 3.26. The lowest BCUT2D eigenvalue weighted by Crippen LogP contribution is -2.19. The van der Waals surface area contributed by atoms with Gasteiger partial charge in [-0.2, -0.15) is 0 Å². The van der Waals surface area contributed by atoms with Crippen LogP contribution in [0.3, 0.4) is 0 Å². The van der Waals surface area contributed by atoms with E-state index in [2.05, 4.69) is 23.5 Å². The van der Waals surface area contributed by atoms with Gasteiger partial charge in [-0.25, -0.2) is 4.39 Å². The van der Waals surface area contributed by atoms with Crippen molar-refractivity contribution < 1.29 is 4.39 Å². The predicted octanol–water partition coefficient (Wildman–Crippen LogP) is 4.21. The summed E-state index contributed by atoms with van der Waals surface area (Å²) in [7, 11) is 1.98. The van der Waals surface area contributed by atoms with E-state index in [1.165, 1.54) is 48.4 Å². The lowest BCUT2D eigenvalue weighted by molar-refractivity contribution is 0.581. The molecule has 0 radical (unpaired) electrons. The van der Waals surface area contributed by atoms with E-state index in [9.17, 15) is 4.39 Å². The van der Waals surface area contributed by atoms with Gasteiger partial charge in [-0.3, -0.25) is 0 Å². The Bertz CT molecular complexity index is 621. The Morgan fingerprint density at radius 3 is 2.62 bits per heavy atom. The standard InChI is InChI=1S/C19H22FN/c1-21-19(12-14-5-4-8-18(20)11-14)17-10-9-15-6-2-3-7-16(15)13-17/h4-5,8-11,13,19,21H,2-3,6-7,12H2,1H3. The fourth-order valence-corrected chi connectivity index (χ4v) is 3.26. The van der Waals surface area contributed by atoms with Crippen LogP contribution in [-0.2, 0) is 19.3 Å². The van der Waals surface area contributed by atoms with E-state index in [0.29, 0.717) is 0 Å². The Morgan fingerprint density at radius 1 is 1.05 bits per heavy atom. The summed E-state index contributed by atoms with van der Waals surface area (Å²) < 4.78 is 13.3. The summed E-state index contributed by atoms with van der Waals surface area (Å²) in [6, 6.07) is 14.0. The van der Waals surface area contributed by atoms with Crippen molar-refractivity contribution in [2.24, 2.45) is 0 Å². The minimum atomic E-state index is -0.159. The second-order valence-corrected chi connectivity index (χ2v) is 5.91. The number of fused-ring (bicyclic) bond motifs is 1. The Balaban J connectivity index is 1.82. The molecule has 0 bridgehead atoms. The summed E-state index contributed by atoms with van der Waals surface area (Å²) in [5, 5.41) is 3.37. The van der Waals surface area contributed by atoms with Gasteiger partial charge in [0, 0.05) is 6.04 Å². The van der Waals surface area contributed by atoms with Crippen molar-refractivity contribution in [3.63, 3.8) is 0 Å². The zero-order chi connectivity index (χ0) is 14.7. The van der Waals surface area contributed by atoms with E-state index in [0.717, 1.165) is 12.0 Å². The van der Waals surface area contributed by atoms with Crippen LogP contribution >= 0.6 is 0 Å². The van der Waals surface area contributed by atoms with Crippen LogP contribution < -0.4 is 5.32 Å². The normalized spacial score (nSPS) is 15.5. The van der Waals surface area contributed by atoms with E-state index in [-0.39, 0.29) is 11.9 Å². The number of likely N-dealkylation sites (N-methyl/N-ethyl adjacent to an activating group) is 1. The highest BCUT2D eigenvalue weighted by Crippen LogP contribution is 2.26. The minimum absolute atomic E-state index is 0.159. The van der Waals surface area contributed by atoms with Crippen molar-refractivity contribution in [2.45, 2.75) is 38.1 Å². The van der Waals surface area contributed by atoms with Crippen LogP contribution in [0.1, 0.15) is 41.1 Å². The maximum absolute atomic E-state index is 13.3. The molecule has 0 aromatic heterocycles. The maximum atomic E-state index is 13.3. The minimum Gasteiger partial charge on any atom is -0.313 e. The molecular weight excluding hydrogens is 261 g/mol. The molecule has 1 nitrogen and oxygen atoms in total. The molecule has 21 heavy (non-hydrogen) atoms. The summed E-state index contributed by atoms with van der Waals surface area (Å²) in [5.41, 5.74) is 5.35. The fraction of sp³-hybridized carbons (Fsp3) is 0.368. The highest BCUT2D eigenvalue weighted by Gasteiger charge is 2.14. The highest BCUT2D eigenvalue weighted by atomic mass is 19.1. The molecule has 0 amide bonds. The van der Waals surface area contributed by atoms with E-state index in [1.807, 2.05) is 13.1 Å². The van der Waals surface area contributed by atoms with Crippen LogP contribution in [0.5, 0.6) is 0 Å². The van der Waals surface area contributed by atoms with Crippen LogP contribution in [0, 0.1) is 5.82 Å². The molecule has 110 valence electrons. The van der Waals surface area contributed by atoms with Crippen molar-refractivity contribution >= 4 is 0 Å². The molecular formula is C19H22FN. The van der Waals surface area contributed by atoms with Gasteiger partial charge in [0.05, 0.1) is 0 Å². The average molecular weight is 283 g/mol. The Labute approximate surface area is 126 Å². The summed E-state index contributed by atoms with van der Waals surface area (Å²) >= 11 is 0. The van der Waals surface area contributed by atoms with Crippen molar-refractivity contribution in [1.29, 1.82) is 0 Å². The van der Waals surface area contributed by atoms with Crippen molar-refractivity contribution in [2.75, 3.05) is 7.05 Å². The third-order valence-electron chi connectivity index (χ3n) is 4.45. The SMILES string of the molecule is CNC(Cc1cccc(F)c1)c1ccc2c(c1)CCCC2. The van der Waals surface area contributed by atoms with Gasteiger partial charge in [0.25, 0.3) is 0 Å². The largest absolute Gasteiger partial charge is 0.313 e. The molecule has 0 heterocycles. The first-order valence-corrected chi connectivity index (χ1v) is 7.79. The van der Waals surface area contributed by atoms with Gasteiger partial charge in [0.15, 0.2) is 0 Å². The summed E-state index contributed by atoms with van der Waals surface area (Å²) in [4.78, 5) is 0. The molecule has 1 atom stereocenters. The third kappa shape index (κ3) is 3.33. The quantitative estimate of drug-likeness (QED) is 0.886. The summed E-state index contributed by atoms with van der Waals surface area (Å²) in [6.07, 6.45) is 5.83. The van der Waals surface area contributed by atoms with Crippen molar-refractivity contribution in [1.82, 2.24) is 5.32 Å². The lowest BCUT2D eigenvalue weighted by Gasteiger charge is -2.21. The Hall–Kier alpha value is -1.67. The number of hydrogen-bond acceptors (Lipinski definition) is 1. The third-order valence-corrected chi connectivity index (χ3v) is 4.45. The van der Waals surface area contributed by atoms with E-state index in [1.54, 1.807) is 12.1 Å². The van der Waals surface area contributed by atoms with Gasteiger partial charge >= 0.3 is 0 Å². The van der Waals surface area contributed by atoms with Gasteiger partial charge in [-0.1, -0.05) is 30.3 Å². The van der Waals surface area contributed by atoms with E-state index < -0.39 is 0 Å². The molecule has 2 heteroatoms. The van der Waals surface area contributed by atoms with Gasteiger partial charge in [-0.05, 0) is 73.5 Å². The molecule has 2 aromatic rings. The Morgan fingerprint density at radius 2 is 1.86 bits per heavy atom. The molecule has 1 N–H and O–H groups in total. The summed E-state index contributed by atoms with van der Waals surface area (Å²) in [5.74, 6) is -0.159. The van der Waals surface area contributed by atoms with Gasteiger partial charge < -0.3 is 5.32 Å². The number of nitrogens with one attached hydrogen (secondary N) is 1. The zero-order valence-electron chi connectivity index (χ0n) is 12.5. The first-order chi connectivity index (χ1) is 10.3. The maximum Gasteiger partial charge on any atom is 0.123 e. The number of benzene rings is 2. The van der Waals surface area contributed by atoms with Crippen LogP contribution in [0.4, 0.5) is 4.39 Å². The van der Waals surface area contributed by atoms with Crippen LogP contribution in [0.15, 0.2) is 42.5 Å². The number of hydrogen-bond donors (Lipinski definition) is 1. The number of aryl methyl sites for hydroxylation is 2. The molecule has 1 unspecified atom stereocenters. The second-order valence-electron chi connectivity index (χ2n) is 5.91. The van der Waals surface area contributed by atoms with E-state index >= 15 is 0 Å². The van der Waals surface area contributed by atoms with Crippen molar-refractivity contribution in [3.05, 3.63) is 70.5 Å². The van der Waals surface area contributed by atoms with E-state index in [4.69, 9.17) is 0 Å². The predicted molar refractivity (Wildman–Crippen MR) is 85.0 cm³/mol. The number of rotatable bonds is 4. The van der Waals surface area contributed by atoms with Crippen molar-refractivity contribution in [3.8, 4) is 0 Å². The monoisotopic (exact) mass is 283 g/mol. The highest BCUT2D eigenvalue weighted by molar-refractivity contribution is 5.36. The molecule has 0 saturated heterocycles.